The largest absolute Gasteiger partial charge is 0.478 e. The molecule has 0 heterocycles. The van der Waals surface area contributed by atoms with E-state index in [0.717, 1.165) is 6.42 Å². The van der Waals surface area contributed by atoms with Crippen LogP contribution in [-0.4, -0.2) is 26.0 Å². The van der Waals surface area contributed by atoms with E-state index in [4.69, 9.17) is 5.11 Å². The number of hydrogen-bond acceptors (Lipinski definition) is 3. The van der Waals surface area contributed by atoms with Gasteiger partial charge in [-0.3, -0.25) is 0 Å². The molecule has 1 aliphatic rings. The first-order valence-corrected chi connectivity index (χ1v) is 8.85. The van der Waals surface area contributed by atoms with Crippen molar-refractivity contribution in [3.63, 3.8) is 0 Å². The van der Waals surface area contributed by atoms with Crippen LogP contribution < -0.4 is 4.72 Å². The lowest BCUT2D eigenvalue weighted by molar-refractivity contribution is 0.0696. The molecule has 1 aromatic carbocycles. The molecule has 1 saturated carbocycles. The van der Waals surface area contributed by atoms with Crippen molar-refractivity contribution in [1.82, 2.24) is 4.72 Å². The molecular formula is C14H18BrNO4S. The summed E-state index contributed by atoms with van der Waals surface area (Å²) in [5.74, 6) is -0.825. The lowest BCUT2D eigenvalue weighted by Gasteiger charge is -2.12. The van der Waals surface area contributed by atoms with Crippen molar-refractivity contribution >= 4 is 31.9 Å². The van der Waals surface area contributed by atoms with Crippen LogP contribution >= 0.6 is 15.9 Å². The first kappa shape index (κ1) is 16.5. The topological polar surface area (TPSA) is 83.5 Å². The van der Waals surface area contributed by atoms with Gasteiger partial charge in [0, 0.05) is 11.0 Å². The van der Waals surface area contributed by atoms with Crippen molar-refractivity contribution in [3.05, 3.63) is 27.7 Å². The maximum Gasteiger partial charge on any atom is 0.335 e. The van der Waals surface area contributed by atoms with Crippen LogP contribution in [0.4, 0.5) is 0 Å². The summed E-state index contributed by atoms with van der Waals surface area (Å²) in [4.78, 5) is 11.1. The molecule has 0 bridgehead atoms. The maximum absolute atomic E-state index is 12.4. The lowest BCUT2D eigenvalue weighted by atomic mass is 10.1. The fraction of sp³-hybridized carbons (Fsp3) is 0.500. The molecule has 0 radical (unpaired) electrons. The molecule has 2 rings (SSSR count). The van der Waals surface area contributed by atoms with Gasteiger partial charge < -0.3 is 5.11 Å². The van der Waals surface area contributed by atoms with E-state index in [1.54, 1.807) is 6.92 Å². The molecule has 1 atom stereocenters. The zero-order chi connectivity index (χ0) is 16.0. The summed E-state index contributed by atoms with van der Waals surface area (Å²) in [7, 11) is -3.72. The number of benzene rings is 1. The number of carbonyl (C=O) groups is 1. The molecule has 0 amide bonds. The average molecular weight is 376 g/mol. The molecule has 0 saturated heterocycles. The van der Waals surface area contributed by atoms with E-state index < -0.39 is 16.0 Å². The minimum Gasteiger partial charge on any atom is -0.478 e. The summed E-state index contributed by atoms with van der Waals surface area (Å²) in [5, 5.41) is 9.05. The molecule has 7 heteroatoms. The Balaban J connectivity index is 2.29. The number of sulfonamides is 1. The van der Waals surface area contributed by atoms with E-state index in [9.17, 15) is 13.2 Å². The van der Waals surface area contributed by atoms with Crippen LogP contribution in [0.15, 0.2) is 21.5 Å². The van der Waals surface area contributed by atoms with Gasteiger partial charge in [0.15, 0.2) is 0 Å². The standard InChI is InChI=1S/C14H18BrNO4S/c1-8-11(15)4-9(13(17)18)5-12(8)21(19,20)16-7-10-6-14(10,2)3/h4-5,10,16H,6-7H2,1-3H3,(H,17,18). The van der Waals surface area contributed by atoms with Gasteiger partial charge in [-0.25, -0.2) is 17.9 Å². The first-order valence-electron chi connectivity index (χ1n) is 6.58. The summed E-state index contributed by atoms with van der Waals surface area (Å²) in [6.07, 6.45) is 0.993. The number of rotatable bonds is 5. The molecule has 1 aromatic rings. The highest BCUT2D eigenvalue weighted by atomic mass is 79.9. The Morgan fingerprint density at radius 3 is 2.52 bits per heavy atom. The normalized spacial score (nSPS) is 20.3. The van der Waals surface area contributed by atoms with E-state index in [-0.39, 0.29) is 15.9 Å². The zero-order valence-electron chi connectivity index (χ0n) is 12.1. The number of hydrogen-bond donors (Lipinski definition) is 2. The quantitative estimate of drug-likeness (QED) is 0.828. The van der Waals surface area contributed by atoms with Crippen molar-refractivity contribution < 1.29 is 18.3 Å². The molecule has 0 spiro atoms. The van der Waals surface area contributed by atoms with Gasteiger partial charge >= 0.3 is 5.97 Å². The molecule has 1 unspecified atom stereocenters. The minimum absolute atomic E-state index is 0.00716. The minimum atomic E-state index is -3.72. The Labute approximate surface area is 132 Å². The van der Waals surface area contributed by atoms with Crippen LogP contribution in [0.5, 0.6) is 0 Å². The van der Waals surface area contributed by atoms with Gasteiger partial charge in [0.05, 0.1) is 10.5 Å². The smallest absolute Gasteiger partial charge is 0.335 e. The maximum atomic E-state index is 12.4. The van der Waals surface area contributed by atoms with E-state index in [2.05, 4.69) is 34.5 Å². The van der Waals surface area contributed by atoms with Crippen molar-refractivity contribution in [1.29, 1.82) is 0 Å². The monoisotopic (exact) mass is 375 g/mol. The summed E-state index contributed by atoms with van der Waals surface area (Å²) in [5.41, 5.74) is 0.628. The molecule has 1 fully saturated rings. The highest BCUT2D eigenvalue weighted by Gasteiger charge is 2.45. The van der Waals surface area contributed by atoms with Crippen LogP contribution in [0.1, 0.15) is 36.2 Å². The molecule has 0 aromatic heterocycles. The molecular weight excluding hydrogens is 358 g/mol. The number of carboxylic acids is 1. The summed E-state index contributed by atoms with van der Waals surface area (Å²) in [6, 6.07) is 2.60. The van der Waals surface area contributed by atoms with Crippen molar-refractivity contribution in [2.24, 2.45) is 11.3 Å². The van der Waals surface area contributed by atoms with Gasteiger partial charge in [0.1, 0.15) is 0 Å². The number of carboxylic acid groups (broad SMARTS) is 1. The van der Waals surface area contributed by atoms with Crippen molar-refractivity contribution in [2.45, 2.75) is 32.1 Å². The fourth-order valence-electron chi connectivity index (χ4n) is 2.27. The number of halogens is 1. The third kappa shape index (κ3) is 3.46. The number of nitrogens with one attached hydrogen (secondary N) is 1. The highest BCUT2D eigenvalue weighted by Crippen LogP contribution is 2.51. The van der Waals surface area contributed by atoms with Crippen LogP contribution in [0.3, 0.4) is 0 Å². The second-order valence-electron chi connectivity index (χ2n) is 6.13. The van der Waals surface area contributed by atoms with E-state index in [1.807, 2.05) is 0 Å². The van der Waals surface area contributed by atoms with Crippen LogP contribution in [-0.2, 0) is 10.0 Å². The SMILES string of the molecule is Cc1c(Br)cc(C(=O)O)cc1S(=O)(=O)NCC1CC1(C)C. The Bertz CT molecular complexity index is 697. The van der Waals surface area contributed by atoms with Crippen LogP contribution in [0, 0.1) is 18.3 Å². The highest BCUT2D eigenvalue weighted by molar-refractivity contribution is 9.10. The van der Waals surface area contributed by atoms with Gasteiger partial charge in [-0.05, 0) is 42.4 Å². The molecule has 116 valence electrons. The Morgan fingerprint density at radius 2 is 2.05 bits per heavy atom. The molecule has 2 N–H and O–H groups in total. The zero-order valence-corrected chi connectivity index (χ0v) is 14.5. The third-order valence-electron chi connectivity index (χ3n) is 4.07. The van der Waals surface area contributed by atoms with Crippen molar-refractivity contribution in [2.75, 3.05) is 6.54 Å². The second-order valence-corrected chi connectivity index (χ2v) is 8.72. The average Bonchev–Trinajstić information content (AvgIpc) is 2.97. The van der Waals surface area contributed by atoms with Crippen LogP contribution in [0.2, 0.25) is 0 Å². The molecule has 0 aliphatic heterocycles. The Kier molecular flexibility index (Phi) is 4.21. The summed E-state index contributed by atoms with van der Waals surface area (Å²) >= 11 is 3.21. The first-order chi connectivity index (χ1) is 9.54. The number of aromatic carboxylic acids is 1. The lowest BCUT2D eigenvalue weighted by Crippen LogP contribution is -2.27. The van der Waals surface area contributed by atoms with Crippen molar-refractivity contribution in [3.8, 4) is 0 Å². The van der Waals surface area contributed by atoms with Gasteiger partial charge in [-0.15, -0.1) is 0 Å². The predicted molar refractivity (Wildman–Crippen MR) is 82.9 cm³/mol. The Hall–Kier alpha value is -0.920. The van der Waals surface area contributed by atoms with E-state index >= 15 is 0 Å². The van der Waals surface area contributed by atoms with Gasteiger partial charge in [-0.2, -0.15) is 0 Å². The second kappa shape index (κ2) is 5.37. The summed E-state index contributed by atoms with van der Waals surface area (Å²) < 4.78 is 27.8. The molecule has 21 heavy (non-hydrogen) atoms. The van der Waals surface area contributed by atoms with E-state index in [1.165, 1.54) is 12.1 Å². The fourth-order valence-corrected chi connectivity index (χ4v) is 4.23. The van der Waals surface area contributed by atoms with E-state index in [0.29, 0.717) is 22.5 Å². The van der Waals surface area contributed by atoms with Crippen LogP contribution in [0.25, 0.3) is 0 Å². The third-order valence-corrected chi connectivity index (χ3v) is 6.44. The Morgan fingerprint density at radius 1 is 1.48 bits per heavy atom. The predicted octanol–water partition coefficient (Wildman–Crippen LogP) is 2.78. The molecule has 1 aliphatic carbocycles. The van der Waals surface area contributed by atoms with Gasteiger partial charge in [-0.1, -0.05) is 29.8 Å². The van der Waals surface area contributed by atoms with Gasteiger partial charge in [0.25, 0.3) is 0 Å². The summed E-state index contributed by atoms with van der Waals surface area (Å²) in [6.45, 7) is 6.22. The molecule has 5 nitrogen and oxygen atoms in total. The van der Waals surface area contributed by atoms with Gasteiger partial charge in [0.2, 0.25) is 10.0 Å².